The minimum absolute atomic E-state index is 0.153. The van der Waals surface area contributed by atoms with Gasteiger partial charge in [-0.15, -0.1) is 6.58 Å². The number of hydrogen-bond donors (Lipinski definition) is 0. The molecule has 21 heavy (non-hydrogen) atoms. The van der Waals surface area contributed by atoms with Gasteiger partial charge < -0.3 is 4.74 Å². The highest BCUT2D eigenvalue weighted by atomic mass is 16.5. The highest BCUT2D eigenvalue weighted by Crippen LogP contribution is 2.40. The standard InChI is InChI=1S/C20H26O/c1-4-10-17-14-18(17)15-20(13-16(3)5-2)21-19-11-8-6-7-9-12-19/h4,6-8,11,13,17,19H,1,5,9-10,12,14H2,2-3H3. The van der Waals surface area contributed by atoms with Crippen molar-refractivity contribution < 1.29 is 4.74 Å². The Morgan fingerprint density at radius 1 is 1.48 bits per heavy atom. The predicted molar refractivity (Wildman–Crippen MR) is 89.9 cm³/mol. The van der Waals surface area contributed by atoms with Crippen LogP contribution in [0.25, 0.3) is 0 Å². The summed E-state index contributed by atoms with van der Waals surface area (Å²) in [7, 11) is 0. The topological polar surface area (TPSA) is 9.23 Å². The zero-order chi connectivity index (χ0) is 15.1. The molecule has 2 aliphatic rings. The molecule has 0 amide bonds. The molecular weight excluding hydrogens is 256 g/mol. The summed E-state index contributed by atoms with van der Waals surface area (Å²) in [5, 5.41) is 0. The Morgan fingerprint density at radius 3 is 3.10 bits per heavy atom. The fraction of sp³-hybridized carbons (Fsp3) is 0.450. The lowest BCUT2D eigenvalue weighted by atomic mass is 10.2. The van der Waals surface area contributed by atoms with Crippen LogP contribution in [0, 0.1) is 5.92 Å². The Kier molecular flexibility index (Phi) is 5.90. The lowest BCUT2D eigenvalue weighted by Gasteiger charge is -2.14. The summed E-state index contributed by atoms with van der Waals surface area (Å²) in [4.78, 5) is 0. The smallest absolute Gasteiger partial charge is 0.163 e. The van der Waals surface area contributed by atoms with E-state index < -0.39 is 0 Å². The monoisotopic (exact) mass is 282 g/mol. The Hall–Kier alpha value is -1.72. The largest absolute Gasteiger partial charge is 0.479 e. The van der Waals surface area contributed by atoms with Gasteiger partial charge in [0.25, 0.3) is 0 Å². The van der Waals surface area contributed by atoms with E-state index in [-0.39, 0.29) is 6.10 Å². The van der Waals surface area contributed by atoms with E-state index in [1.165, 1.54) is 11.1 Å². The van der Waals surface area contributed by atoms with Crippen molar-refractivity contribution in [1.29, 1.82) is 0 Å². The van der Waals surface area contributed by atoms with Gasteiger partial charge in [0, 0.05) is 0 Å². The number of hydrogen-bond acceptors (Lipinski definition) is 1. The molecule has 0 bridgehead atoms. The number of allylic oxidation sites excluding steroid dienone is 6. The van der Waals surface area contributed by atoms with E-state index in [4.69, 9.17) is 4.74 Å². The summed E-state index contributed by atoms with van der Waals surface area (Å²) in [5.74, 6) is 1.54. The Balaban J connectivity index is 2.14. The second-order valence-corrected chi connectivity index (χ2v) is 5.83. The number of ether oxygens (including phenoxy) is 1. The molecule has 0 N–H and O–H groups in total. The molecule has 1 saturated carbocycles. The Labute approximate surface area is 129 Å². The lowest BCUT2D eigenvalue weighted by Crippen LogP contribution is -2.08. The summed E-state index contributed by atoms with van der Waals surface area (Å²) >= 11 is 0. The van der Waals surface area contributed by atoms with E-state index in [9.17, 15) is 0 Å². The third-order valence-corrected chi connectivity index (χ3v) is 3.94. The SMILES string of the molecule is C=CCC1CC1=C=C(C=C(C)CC)OC1C=CC=CCC1. The summed E-state index contributed by atoms with van der Waals surface area (Å²) in [5.41, 5.74) is 6.20. The van der Waals surface area contributed by atoms with E-state index in [1.54, 1.807) is 0 Å². The molecule has 0 radical (unpaired) electrons. The molecule has 2 rings (SSSR count). The van der Waals surface area contributed by atoms with Crippen molar-refractivity contribution in [3.8, 4) is 0 Å². The number of rotatable bonds is 6. The predicted octanol–water partition coefficient (Wildman–Crippen LogP) is 5.64. The molecular formula is C20H26O. The Bertz CT molecular complexity index is 524. The van der Waals surface area contributed by atoms with Gasteiger partial charge in [0.05, 0.1) is 0 Å². The van der Waals surface area contributed by atoms with E-state index in [1.807, 2.05) is 6.08 Å². The summed E-state index contributed by atoms with van der Waals surface area (Å²) < 4.78 is 6.18. The molecule has 0 saturated heterocycles. The maximum absolute atomic E-state index is 6.18. The zero-order valence-corrected chi connectivity index (χ0v) is 13.3. The molecule has 0 aromatic rings. The molecule has 112 valence electrons. The molecule has 1 nitrogen and oxygen atoms in total. The van der Waals surface area contributed by atoms with Crippen LogP contribution in [0.4, 0.5) is 0 Å². The molecule has 2 atom stereocenters. The molecule has 2 unspecified atom stereocenters. The van der Waals surface area contributed by atoms with Gasteiger partial charge in [-0.1, -0.05) is 42.5 Å². The van der Waals surface area contributed by atoms with E-state index in [2.05, 4.69) is 56.5 Å². The van der Waals surface area contributed by atoms with Gasteiger partial charge in [-0.05, 0) is 62.7 Å². The van der Waals surface area contributed by atoms with Crippen LogP contribution < -0.4 is 0 Å². The molecule has 0 aromatic carbocycles. The average Bonchev–Trinajstić information content (AvgIpc) is 3.23. The van der Waals surface area contributed by atoms with Gasteiger partial charge in [-0.25, -0.2) is 0 Å². The van der Waals surface area contributed by atoms with Crippen LogP contribution in [-0.2, 0) is 4.74 Å². The second-order valence-electron chi connectivity index (χ2n) is 5.83. The molecule has 0 heterocycles. The maximum atomic E-state index is 6.18. The van der Waals surface area contributed by atoms with Crippen molar-refractivity contribution in [2.45, 2.75) is 52.1 Å². The van der Waals surface area contributed by atoms with Crippen LogP contribution >= 0.6 is 0 Å². The normalized spacial score (nSPS) is 24.3. The van der Waals surface area contributed by atoms with Crippen LogP contribution in [0.1, 0.15) is 46.0 Å². The molecule has 0 spiro atoms. The second kappa shape index (κ2) is 7.90. The minimum Gasteiger partial charge on any atom is -0.479 e. The van der Waals surface area contributed by atoms with Crippen LogP contribution in [0.15, 0.2) is 65.7 Å². The fourth-order valence-corrected chi connectivity index (χ4v) is 2.35. The summed E-state index contributed by atoms with van der Waals surface area (Å²) in [6.07, 6.45) is 18.1. The quantitative estimate of drug-likeness (QED) is 0.265. The van der Waals surface area contributed by atoms with Gasteiger partial charge in [-0.2, -0.15) is 0 Å². The van der Waals surface area contributed by atoms with Crippen LogP contribution in [0.3, 0.4) is 0 Å². The molecule has 2 aliphatic carbocycles. The van der Waals surface area contributed by atoms with Gasteiger partial charge in [-0.3, -0.25) is 0 Å². The van der Waals surface area contributed by atoms with Crippen molar-refractivity contribution in [3.63, 3.8) is 0 Å². The van der Waals surface area contributed by atoms with Gasteiger partial charge in [0.2, 0.25) is 0 Å². The molecule has 0 aromatic heterocycles. The lowest BCUT2D eigenvalue weighted by molar-refractivity contribution is 0.158. The van der Waals surface area contributed by atoms with E-state index >= 15 is 0 Å². The third kappa shape index (κ3) is 5.28. The maximum Gasteiger partial charge on any atom is 0.163 e. The van der Waals surface area contributed by atoms with Crippen molar-refractivity contribution >= 4 is 0 Å². The minimum atomic E-state index is 0.153. The van der Waals surface area contributed by atoms with Crippen molar-refractivity contribution in [1.82, 2.24) is 0 Å². The van der Waals surface area contributed by atoms with E-state index in [0.717, 1.165) is 37.9 Å². The first kappa shape index (κ1) is 15.7. The highest BCUT2D eigenvalue weighted by Gasteiger charge is 2.28. The van der Waals surface area contributed by atoms with Crippen molar-refractivity contribution in [2.24, 2.45) is 5.92 Å². The van der Waals surface area contributed by atoms with Gasteiger partial charge in [0.1, 0.15) is 6.10 Å². The first-order valence-electron chi connectivity index (χ1n) is 8.00. The summed E-state index contributed by atoms with van der Waals surface area (Å²) in [6, 6.07) is 0. The first-order valence-corrected chi connectivity index (χ1v) is 8.00. The summed E-state index contributed by atoms with van der Waals surface area (Å²) in [6.45, 7) is 8.13. The van der Waals surface area contributed by atoms with Crippen LogP contribution in [0.2, 0.25) is 0 Å². The molecule has 0 aliphatic heterocycles. The van der Waals surface area contributed by atoms with Crippen molar-refractivity contribution in [2.75, 3.05) is 0 Å². The zero-order valence-electron chi connectivity index (χ0n) is 13.3. The van der Waals surface area contributed by atoms with Gasteiger partial charge >= 0.3 is 0 Å². The molecule has 1 heteroatoms. The Morgan fingerprint density at radius 2 is 2.33 bits per heavy atom. The van der Waals surface area contributed by atoms with E-state index in [0.29, 0.717) is 5.92 Å². The third-order valence-electron chi connectivity index (χ3n) is 3.94. The van der Waals surface area contributed by atoms with Crippen LogP contribution in [0.5, 0.6) is 0 Å². The van der Waals surface area contributed by atoms with Crippen LogP contribution in [-0.4, -0.2) is 6.10 Å². The fourth-order valence-electron chi connectivity index (χ4n) is 2.35. The average molecular weight is 282 g/mol. The van der Waals surface area contributed by atoms with Crippen molar-refractivity contribution in [3.05, 3.63) is 65.7 Å². The highest BCUT2D eigenvalue weighted by molar-refractivity contribution is 5.29. The van der Waals surface area contributed by atoms with Gasteiger partial charge in [0.15, 0.2) is 5.76 Å². The first-order chi connectivity index (χ1) is 10.2. The molecule has 1 fully saturated rings.